The molecule has 5 heteroatoms. The number of rotatable bonds is 5. The van der Waals surface area contributed by atoms with Crippen LogP contribution in [0.5, 0.6) is 0 Å². The average Bonchev–Trinajstić information content (AvgIpc) is 2.26. The fraction of sp³-hybridized carbons (Fsp3) is 0.417. The third kappa shape index (κ3) is 4.66. The molecule has 94 valence electrons. The summed E-state index contributed by atoms with van der Waals surface area (Å²) in [5.41, 5.74) is 0.464. The Bertz CT molecular complexity index is 398. The van der Waals surface area contributed by atoms with Crippen molar-refractivity contribution in [2.45, 2.75) is 13.3 Å². The van der Waals surface area contributed by atoms with Crippen LogP contribution in [0.25, 0.3) is 0 Å². The Morgan fingerprint density at radius 2 is 2.29 bits per heavy atom. The summed E-state index contributed by atoms with van der Waals surface area (Å²) in [6, 6.07) is 5.14. The van der Waals surface area contributed by atoms with Gasteiger partial charge in [0.05, 0.1) is 10.6 Å². The van der Waals surface area contributed by atoms with Crippen molar-refractivity contribution in [1.29, 1.82) is 0 Å². The van der Waals surface area contributed by atoms with Crippen molar-refractivity contribution in [2.24, 2.45) is 5.92 Å². The van der Waals surface area contributed by atoms with Crippen LogP contribution in [0.2, 0.25) is 5.02 Å². The standard InChI is InChI=1S/C12H15BrClNO2/c1-8(4-5-16)7-15-12(17)10-3-2-9(13)6-11(10)14/h2-3,6,8,16H,4-5,7H2,1H3,(H,15,17). The molecule has 1 atom stereocenters. The minimum atomic E-state index is -0.188. The van der Waals surface area contributed by atoms with Crippen LogP contribution in [-0.2, 0) is 0 Å². The molecule has 17 heavy (non-hydrogen) atoms. The zero-order chi connectivity index (χ0) is 12.8. The lowest BCUT2D eigenvalue weighted by atomic mass is 10.1. The molecular weight excluding hydrogens is 305 g/mol. The van der Waals surface area contributed by atoms with Gasteiger partial charge in [0.2, 0.25) is 0 Å². The molecule has 0 saturated carbocycles. The highest BCUT2D eigenvalue weighted by atomic mass is 79.9. The first-order valence-corrected chi connectivity index (χ1v) is 6.55. The van der Waals surface area contributed by atoms with Gasteiger partial charge in [-0.25, -0.2) is 0 Å². The van der Waals surface area contributed by atoms with Crippen molar-refractivity contribution in [3.05, 3.63) is 33.3 Å². The first kappa shape index (κ1) is 14.5. The number of carbonyl (C=O) groups is 1. The SMILES string of the molecule is CC(CCO)CNC(=O)c1ccc(Br)cc1Cl. The van der Waals surface area contributed by atoms with Crippen LogP contribution in [0.4, 0.5) is 0 Å². The molecule has 1 rings (SSSR count). The Morgan fingerprint density at radius 3 is 2.88 bits per heavy atom. The molecule has 1 amide bonds. The van der Waals surface area contributed by atoms with E-state index in [0.717, 1.165) is 4.47 Å². The van der Waals surface area contributed by atoms with Crippen molar-refractivity contribution >= 4 is 33.4 Å². The summed E-state index contributed by atoms with van der Waals surface area (Å²) in [5, 5.41) is 12.0. The van der Waals surface area contributed by atoms with E-state index < -0.39 is 0 Å². The van der Waals surface area contributed by atoms with Gasteiger partial charge < -0.3 is 10.4 Å². The number of hydrogen-bond donors (Lipinski definition) is 2. The molecule has 0 bridgehead atoms. The Morgan fingerprint density at radius 1 is 1.59 bits per heavy atom. The maximum Gasteiger partial charge on any atom is 0.252 e. The van der Waals surface area contributed by atoms with Gasteiger partial charge in [-0.3, -0.25) is 4.79 Å². The number of benzene rings is 1. The Balaban J connectivity index is 2.58. The molecular formula is C12H15BrClNO2. The summed E-state index contributed by atoms with van der Waals surface area (Å²) in [7, 11) is 0. The van der Waals surface area contributed by atoms with Crippen molar-refractivity contribution in [1.82, 2.24) is 5.32 Å². The number of aliphatic hydroxyl groups is 1. The van der Waals surface area contributed by atoms with Gasteiger partial charge in [0, 0.05) is 17.6 Å². The second kappa shape index (κ2) is 6.99. The summed E-state index contributed by atoms with van der Waals surface area (Å²) >= 11 is 9.25. The molecule has 0 saturated heterocycles. The molecule has 1 unspecified atom stereocenters. The zero-order valence-electron chi connectivity index (χ0n) is 9.54. The van der Waals surface area contributed by atoms with Crippen LogP contribution in [0.3, 0.4) is 0 Å². The fourth-order valence-electron chi connectivity index (χ4n) is 1.36. The third-order valence-corrected chi connectivity index (χ3v) is 3.21. The number of amides is 1. The molecule has 3 nitrogen and oxygen atoms in total. The Kier molecular flexibility index (Phi) is 5.95. The molecule has 0 aliphatic carbocycles. The van der Waals surface area contributed by atoms with Gasteiger partial charge in [-0.15, -0.1) is 0 Å². The molecule has 0 aliphatic rings. The van der Waals surface area contributed by atoms with E-state index in [9.17, 15) is 4.79 Å². The van der Waals surface area contributed by atoms with Crippen LogP contribution in [-0.4, -0.2) is 24.2 Å². The van der Waals surface area contributed by atoms with Gasteiger partial charge in [0.25, 0.3) is 5.91 Å². The maximum absolute atomic E-state index is 11.8. The summed E-state index contributed by atoms with van der Waals surface area (Å²) in [6.45, 7) is 2.64. The molecule has 0 radical (unpaired) electrons. The highest BCUT2D eigenvalue weighted by Crippen LogP contribution is 2.21. The van der Waals surface area contributed by atoms with Gasteiger partial charge in [0.1, 0.15) is 0 Å². The normalized spacial score (nSPS) is 12.2. The van der Waals surface area contributed by atoms with Crippen molar-refractivity contribution in [3.8, 4) is 0 Å². The molecule has 0 aliphatic heterocycles. The van der Waals surface area contributed by atoms with Gasteiger partial charge >= 0.3 is 0 Å². The summed E-state index contributed by atoms with van der Waals surface area (Å²) in [6.07, 6.45) is 0.675. The van der Waals surface area contributed by atoms with Crippen LogP contribution in [0.1, 0.15) is 23.7 Å². The number of carbonyl (C=O) groups excluding carboxylic acids is 1. The lowest BCUT2D eigenvalue weighted by molar-refractivity contribution is 0.0945. The van der Waals surface area contributed by atoms with Gasteiger partial charge in [-0.2, -0.15) is 0 Å². The lowest BCUT2D eigenvalue weighted by Gasteiger charge is -2.11. The third-order valence-electron chi connectivity index (χ3n) is 2.41. The zero-order valence-corrected chi connectivity index (χ0v) is 11.9. The monoisotopic (exact) mass is 319 g/mol. The van der Waals surface area contributed by atoms with Crippen LogP contribution < -0.4 is 5.32 Å². The predicted molar refractivity (Wildman–Crippen MR) is 72.4 cm³/mol. The van der Waals surface area contributed by atoms with Crippen molar-refractivity contribution < 1.29 is 9.90 Å². The number of nitrogens with one attached hydrogen (secondary N) is 1. The van der Waals surface area contributed by atoms with Crippen LogP contribution in [0, 0.1) is 5.92 Å². The topological polar surface area (TPSA) is 49.3 Å². The summed E-state index contributed by atoms with van der Waals surface area (Å²) in [5.74, 6) is 0.0606. The lowest BCUT2D eigenvalue weighted by Crippen LogP contribution is -2.28. The Hall–Kier alpha value is -0.580. The van der Waals surface area contributed by atoms with Crippen molar-refractivity contribution in [3.63, 3.8) is 0 Å². The van der Waals surface area contributed by atoms with Crippen LogP contribution in [0.15, 0.2) is 22.7 Å². The predicted octanol–water partition coefficient (Wildman–Crippen LogP) is 2.85. The maximum atomic E-state index is 11.8. The molecule has 0 heterocycles. The summed E-state index contributed by atoms with van der Waals surface area (Å²) in [4.78, 5) is 11.8. The number of hydrogen-bond acceptors (Lipinski definition) is 2. The van der Waals surface area contributed by atoms with Gasteiger partial charge in [0.15, 0.2) is 0 Å². The quantitative estimate of drug-likeness (QED) is 0.876. The molecule has 1 aromatic carbocycles. The smallest absolute Gasteiger partial charge is 0.252 e. The first-order chi connectivity index (χ1) is 8.04. The van der Waals surface area contributed by atoms with E-state index in [4.69, 9.17) is 16.7 Å². The highest BCUT2D eigenvalue weighted by molar-refractivity contribution is 9.10. The van der Waals surface area contributed by atoms with Crippen molar-refractivity contribution in [2.75, 3.05) is 13.2 Å². The van der Waals surface area contributed by atoms with E-state index in [1.807, 2.05) is 6.92 Å². The van der Waals surface area contributed by atoms with E-state index in [-0.39, 0.29) is 18.4 Å². The minimum Gasteiger partial charge on any atom is -0.396 e. The summed E-state index contributed by atoms with van der Waals surface area (Å²) < 4.78 is 0.840. The van der Waals surface area contributed by atoms with Gasteiger partial charge in [-0.1, -0.05) is 34.5 Å². The number of halogens is 2. The molecule has 0 fully saturated rings. The van der Waals surface area contributed by atoms with Crippen LogP contribution >= 0.6 is 27.5 Å². The average molecular weight is 321 g/mol. The number of aliphatic hydroxyl groups excluding tert-OH is 1. The minimum absolute atomic E-state index is 0.135. The van der Waals surface area contributed by atoms with E-state index >= 15 is 0 Å². The second-order valence-corrected chi connectivity index (χ2v) is 5.27. The van der Waals surface area contributed by atoms with E-state index in [2.05, 4.69) is 21.2 Å². The Labute approximate surface area is 114 Å². The molecule has 1 aromatic rings. The highest BCUT2D eigenvalue weighted by Gasteiger charge is 2.11. The van der Waals surface area contributed by atoms with E-state index in [1.165, 1.54) is 0 Å². The molecule has 0 spiro atoms. The molecule has 2 N–H and O–H groups in total. The van der Waals surface area contributed by atoms with E-state index in [1.54, 1.807) is 18.2 Å². The largest absolute Gasteiger partial charge is 0.396 e. The van der Waals surface area contributed by atoms with Gasteiger partial charge in [-0.05, 0) is 30.5 Å². The fourth-order valence-corrected chi connectivity index (χ4v) is 2.12. The second-order valence-electron chi connectivity index (χ2n) is 3.95. The first-order valence-electron chi connectivity index (χ1n) is 5.38. The van der Waals surface area contributed by atoms with E-state index in [0.29, 0.717) is 23.6 Å². The molecule has 0 aromatic heterocycles.